The number of methoxy groups -OCH3 is 1. The van der Waals surface area contributed by atoms with E-state index in [1.165, 1.54) is 0 Å². The first-order valence-electron chi connectivity index (χ1n) is 7.82. The fourth-order valence-corrected chi connectivity index (χ4v) is 3.13. The van der Waals surface area contributed by atoms with Crippen LogP contribution in [0.2, 0.25) is 0 Å². The number of benzene rings is 2. The molecular formula is C18H18BrN3O3. The van der Waals surface area contributed by atoms with Crippen molar-refractivity contribution in [3.05, 3.63) is 53.0 Å². The number of nitrogens with one attached hydrogen (secondary N) is 2. The van der Waals surface area contributed by atoms with Gasteiger partial charge in [0, 0.05) is 28.8 Å². The van der Waals surface area contributed by atoms with Gasteiger partial charge in [-0.15, -0.1) is 0 Å². The minimum absolute atomic E-state index is 0.0158. The van der Waals surface area contributed by atoms with Crippen molar-refractivity contribution in [1.82, 2.24) is 5.32 Å². The van der Waals surface area contributed by atoms with Crippen LogP contribution in [0.4, 0.5) is 16.2 Å². The Morgan fingerprint density at radius 2 is 2.00 bits per heavy atom. The van der Waals surface area contributed by atoms with Crippen LogP contribution in [0.3, 0.4) is 0 Å². The van der Waals surface area contributed by atoms with Gasteiger partial charge in [0.2, 0.25) is 5.91 Å². The summed E-state index contributed by atoms with van der Waals surface area (Å²) in [6.45, 7) is 0.442. The van der Waals surface area contributed by atoms with E-state index in [2.05, 4.69) is 26.6 Å². The highest BCUT2D eigenvalue weighted by Crippen LogP contribution is 2.24. The Hall–Kier alpha value is -2.54. The van der Waals surface area contributed by atoms with E-state index in [1.54, 1.807) is 18.1 Å². The first-order chi connectivity index (χ1) is 12.0. The molecule has 1 aliphatic rings. The Bertz CT molecular complexity index is 779. The first-order valence-corrected chi connectivity index (χ1v) is 8.62. The van der Waals surface area contributed by atoms with Crippen molar-refractivity contribution >= 4 is 39.2 Å². The molecule has 2 N–H and O–H groups in total. The highest BCUT2D eigenvalue weighted by molar-refractivity contribution is 9.10. The predicted octanol–water partition coefficient (Wildman–Crippen LogP) is 3.38. The summed E-state index contributed by atoms with van der Waals surface area (Å²) in [6, 6.07) is 14.1. The topological polar surface area (TPSA) is 70.7 Å². The van der Waals surface area contributed by atoms with E-state index >= 15 is 0 Å². The Balaban J connectivity index is 1.59. The van der Waals surface area contributed by atoms with E-state index in [1.807, 2.05) is 42.5 Å². The van der Waals surface area contributed by atoms with Crippen molar-refractivity contribution < 1.29 is 14.3 Å². The monoisotopic (exact) mass is 403 g/mol. The number of carbonyl (C=O) groups is 2. The van der Waals surface area contributed by atoms with Crippen LogP contribution in [0.1, 0.15) is 6.42 Å². The van der Waals surface area contributed by atoms with Crippen molar-refractivity contribution in [2.24, 2.45) is 0 Å². The van der Waals surface area contributed by atoms with E-state index in [0.29, 0.717) is 12.2 Å². The van der Waals surface area contributed by atoms with Gasteiger partial charge in [0.25, 0.3) is 0 Å². The number of carbonyl (C=O) groups excluding carboxylic acids is 2. The molecule has 0 aromatic heterocycles. The fraction of sp³-hybridized carbons (Fsp3) is 0.222. The lowest BCUT2D eigenvalue weighted by Gasteiger charge is -2.17. The van der Waals surface area contributed by atoms with Crippen molar-refractivity contribution in [2.75, 3.05) is 23.9 Å². The second-order valence-electron chi connectivity index (χ2n) is 5.71. The van der Waals surface area contributed by atoms with Crippen LogP contribution in [0, 0.1) is 0 Å². The summed E-state index contributed by atoms with van der Waals surface area (Å²) in [5.74, 6) is 0.719. The first kappa shape index (κ1) is 17.3. The SMILES string of the molecule is COc1ccc(N2CC(NC(=O)Nc3cccc(Br)c3)CC2=O)cc1. The molecule has 1 unspecified atom stereocenters. The lowest BCUT2D eigenvalue weighted by Crippen LogP contribution is -2.39. The second-order valence-corrected chi connectivity index (χ2v) is 6.63. The van der Waals surface area contributed by atoms with Gasteiger partial charge in [-0.25, -0.2) is 4.79 Å². The average Bonchev–Trinajstić information content (AvgIpc) is 2.95. The summed E-state index contributed by atoms with van der Waals surface area (Å²) >= 11 is 3.36. The van der Waals surface area contributed by atoms with Gasteiger partial charge in [0.05, 0.1) is 13.2 Å². The zero-order valence-electron chi connectivity index (χ0n) is 13.7. The summed E-state index contributed by atoms with van der Waals surface area (Å²) in [7, 11) is 1.60. The molecule has 3 rings (SSSR count). The van der Waals surface area contributed by atoms with Crippen molar-refractivity contribution in [2.45, 2.75) is 12.5 Å². The molecule has 1 aliphatic heterocycles. The third kappa shape index (κ3) is 4.30. The standard InChI is InChI=1S/C18H18BrN3O3/c1-25-16-7-5-15(6-8-16)22-11-14(10-17(22)23)21-18(24)20-13-4-2-3-12(19)9-13/h2-9,14H,10-11H2,1H3,(H2,20,21,24). The number of anilines is 2. The Kier molecular flexibility index (Phi) is 5.23. The minimum Gasteiger partial charge on any atom is -0.497 e. The van der Waals surface area contributed by atoms with Crippen LogP contribution in [0.15, 0.2) is 53.0 Å². The maximum atomic E-state index is 12.2. The molecular weight excluding hydrogens is 386 g/mol. The molecule has 7 heteroatoms. The Morgan fingerprint density at radius 3 is 2.68 bits per heavy atom. The van der Waals surface area contributed by atoms with E-state index < -0.39 is 0 Å². The van der Waals surface area contributed by atoms with Crippen LogP contribution in [-0.2, 0) is 4.79 Å². The lowest BCUT2D eigenvalue weighted by molar-refractivity contribution is -0.117. The van der Waals surface area contributed by atoms with Crippen molar-refractivity contribution in [1.29, 1.82) is 0 Å². The van der Waals surface area contributed by atoms with Crippen LogP contribution >= 0.6 is 15.9 Å². The summed E-state index contributed by atoms with van der Waals surface area (Å²) in [6.07, 6.45) is 0.276. The molecule has 0 saturated carbocycles. The molecule has 6 nitrogen and oxygen atoms in total. The minimum atomic E-state index is -0.326. The highest BCUT2D eigenvalue weighted by Gasteiger charge is 2.31. The van der Waals surface area contributed by atoms with E-state index in [0.717, 1.165) is 15.9 Å². The van der Waals surface area contributed by atoms with Gasteiger partial charge in [-0.2, -0.15) is 0 Å². The second kappa shape index (κ2) is 7.57. The third-order valence-electron chi connectivity index (χ3n) is 3.93. The number of hydrogen-bond donors (Lipinski definition) is 2. The smallest absolute Gasteiger partial charge is 0.319 e. The van der Waals surface area contributed by atoms with Gasteiger partial charge in [0.1, 0.15) is 5.75 Å². The fourth-order valence-electron chi connectivity index (χ4n) is 2.73. The van der Waals surface area contributed by atoms with Gasteiger partial charge in [-0.3, -0.25) is 4.79 Å². The summed E-state index contributed by atoms with van der Waals surface area (Å²) in [4.78, 5) is 26.0. The summed E-state index contributed by atoms with van der Waals surface area (Å²) < 4.78 is 6.01. The zero-order chi connectivity index (χ0) is 17.8. The van der Waals surface area contributed by atoms with Crippen molar-refractivity contribution in [3.63, 3.8) is 0 Å². The molecule has 1 heterocycles. The number of ether oxygens (including phenoxy) is 1. The third-order valence-corrected chi connectivity index (χ3v) is 4.42. The van der Waals surface area contributed by atoms with E-state index in [-0.39, 0.29) is 24.4 Å². The van der Waals surface area contributed by atoms with Gasteiger partial charge in [0.15, 0.2) is 0 Å². The summed E-state index contributed by atoms with van der Waals surface area (Å²) in [5.41, 5.74) is 1.48. The number of amides is 3. The normalized spacial score (nSPS) is 16.6. The van der Waals surface area contributed by atoms with Gasteiger partial charge in [-0.1, -0.05) is 22.0 Å². The van der Waals surface area contributed by atoms with E-state index in [9.17, 15) is 9.59 Å². The molecule has 0 bridgehead atoms. The molecule has 2 aromatic rings. The van der Waals surface area contributed by atoms with Gasteiger partial charge < -0.3 is 20.3 Å². The summed E-state index contributed by atoms with van der Waals surface area (Å²) in [5, 5.41) is 5.61. The number of hydrogen-bond acceptors (Lipinski definition) is 3. The molecule has 0 radical (unpaired) electrons. The lowest BCUT2D eigenvalue weighted by atomic mass is 10.2. The number of urea groups is 1. The molecule has 0 aliphatic carbocycles. The van der Waals surface area contributed by atoms with E-state index in [4.69, 9.17) is 4.74 Å². The maximum Gasteiger partial charge on any atom is 0.319 e. The molecule has 2 aromatic carbocycles. The van der Waals surface area contributed by atoms with Crippen LogP contribution in [-0.4, -0.2) is 31.6 Å². The predicted molar refractivity (Wildman–Crippen MR) is 100 cm³/mol. The highest BCUT2D eigenvalue weighted by atomic mass is 79.9. The Morgan fingerprint density at radius 1 is 1.24 bits per heavy atom. The molecule has 130 valence electrons. The molecule has 3 amide bonds. The maximum absolute atomic E-state index is 12.2. The molecule has 1 fully saturated rings. The Labute approximate surface area is 154 Å². The van der Waals surface area contributed by atoms with Crippen LogP contribution in [0.25, 0.3) is 0 Å². The molecule has 1 atom stereocenters. The molecule has 25 heavy (non-hydrogen) atoms. The zero-order valence-corrected chi connectivity index (χ0v) is 15.2. The van der Waals surface area contributed by atoms with Crippen molar-refractivity contribution in [3.8, 4) is 5.75 Å². The molecule has 0 spiro atoms. The molecule has 1 saturated heterocycles. The van der Waals surface area contributed by atoms with Gasteiger partial charge in [-0.05, 0) is 42.5 Å². The number of nitrogens with zero attached hydrogens (tertiary/aromatic N) is 1. The number of rotatable bonds is 4. The van der Waals surface area contributed by atoms with Crippen LogP contribution in [0.5, 0.6) is 5.75 Å². The largest absolute Gasteiger partial charge is 0.497 e. The average molecular weight is 404 g/mol. The van der Waals surface area contributed by atoms with Crippen LogP contribution < -0.4 is 20.3 Å². The quantitative estimate of drug-likeness (QED) is 0.821. The van der Waals surface area contributed by atoms with Gasteiger partial charge >= 0.3 is 6.03 Å². The number of halogens is 1.